The van der Waals surface area contributed by atoms with E-state index >= 15 is 0 Å². The van der Waals surface area contributed by atoms with E-state index in [1.807, 2.05) is 44.2 Å². The number of nitriles is 1. The quantitative estimate of drug-likeness (QED) is 0.557. The van der Waals surface area contributed by atoms with Crippen LogP contribution in [0.3, 0.4) is 0 Å². The molecule has 0 atom stereocenters. The Morgan fingerprint density at radius 2 is 2.07 bits per heavy atom. The maximum absolute atomic E-state index is 12.7. The summed E-state index contributed by atoms with van der Waals surface area (Å²) in [7, 11) is 0. The Balaban J connectivity index is 1.67. The second kappa shape index (κ2) is 8.79. The Morgan fingerprint density at radius 3 is 2.74 bits per heavy atom. The molecule has 9 heteroatoms. The molecule has 0 radical (unpaired) electrons. The van der Waals surface area contributed by atoms with Gasteiger partial charge >= 0.3 is 0 Å². The van der Waals surface area contributed by atoms with Crippen molar-refractivity contribution in [2.45, 2.75) is 25.5 Å². The van der Waals surface area contributed by atoms with Crippen molar-refractivity contribution >= 4 is 34.7 Å². The maximum Gasteiger partial charge on any atom is 0.277 e. The van der Waals surface area contributed by atoms with Crippen LogP contribution in [0.2, 0.25) is 0 Å². The molecule has 0 unspecified atom stereocenters. The molecule has 138 valence electrons. The van der Waals surface area contributed by atoms with Gasteiger partial charge in [-0.25, -0.2) is 4.98 Å². The number of aryl methyl sites for hydroxylation is 2. The number of thioether (sulfide) groups is 1. The third-order valence-electron chi connectivity index (χ3n) is 3.64. The lowest BCUT2D eigenvalue weighted by molar-refractivity contribution is -0.116. The minimum Gasteiger partial charge on any atom is -0.410 e. The second-order valence-corrected chi connectivity index (χ2v) is 7.73. The number of rotatable bonds is 7. The summed E-state index contributed by atoms with van der Waals surface area (Å²) >= 11 is 2.68. The highest BCUT2D eigenvalue weighted by Crippen LogP contribution is 2.30. The van der Waals surface area contributed by atoms with Crippen LogP contribution in [0.25, 0.3) is 10.8 Å². The average molecular weight is 400 g/mol. The van der Waals surface area contributed by atoms with E-state index in [2.05, 4.69) is 21.3 Å². The summed E-state index contributed by atoms with van der Waals surface area (Å²) in [5.74, 6) is 0.436. The number of hydrogen-bond donors (Lipinski definition) is 0. The SMILES string of the molecule is Cc1nc(C)c(-c2nnc(SCC(=O)N(CCC#N)c3ccccc3)o2)s1. The number of carbonyl (C=O) groups excluding carboxylic acids is 1. The highest BCUT2D eigenvalue weighted by molar-refractivity contribution is 7.99. The van der Waals surface area contributed by atoms with Crippen LogP contribution in [0.4, 0.5) is 5.69 Å². The molecule has 1 amide bonds. The number of benzene rings is 1. The first-order valence-corrected chi connectivity index (χ1v) is 10.0. The average Bonchev–Trinajstić information content (AvgIpc) is 3.27. The fourth-order valence-electron chi connectivity index (χ4n) is 2.46. The molecule has 7 nitrogen and oxygen atoms in total. The minimum atomic E-state index is -0.119. The molecule has 0 aliphatic heterocycles. The zero-order valence-corrected chi connectivity index (χ0v) is 16.5. The summed E-state index contributed by atoms with van der Waals surface area (Å²) in [6.45, 7) is 4.16. The lowest BCUT2D eigenvalue weighted by atomic mass is 10.2. The van der Waals surface area contributed by atoms with Gasteiger partial charge in [0.1, 0.15) is 4.88 Å². The van der Waals surface area contributed by atoms with E-state index in [4.69, 9.17) is 9.68 Å². The Morgan fingerprint density at radius 1 is 1.30 bits per heavy atom. The summed E-state index contributed by atoms with van der Waals surface area (Å²) in [5.41, 5.74) is 1.61. The molecule has 0 saturated heterocycles. The largest absolute Gasteiger partial charge is 0.410 e. The molecular weight excluding hydrogens is 382 g/mol. The number of thiazole rings is 1. The molecule has 27 heavy (non-hydrogen) atoms. The molecule has 0 N–H and O–H groups in total. The summed E-state index contributed by atoms with van der Waals surface area (Å²) in [5, 5.41) is 18.2. The third kappa shape index (κ3) is 4.72. The first kappa shape index (κ1) is 19.1. The second-order valence-electron chi connectivity index (χ2n) is 5.60. The minimum absolute atomic E-state index is 0.119. The van der Waals surface area contributed by atoms with Gasteiger partial charge in [0.15, 0.2) is 0 Å². The molecule has 0 aliphatic rings. The predicted octanol–water partition coefficient (Wildman–Crippen LogP) is 3.85. The number of aromatic nitrogens is 3. The van der Waals surface area contributed by atoms with Crippen molar-refractivity contribution in [1.29, 1.82) is 5.26 Å². The van der Waals surface area contributed by atoms with E-state index in [9.17, 15) is 4.79 Å². The lowest BCUT2D eigenvalue weighted by Crippen LogP contribution is -2.33. The van der Waals surface area contributed by atoms with Crippen LogP contribution in [0.5, 0.6) is 0 Å². The molecule has 1 aromatic carbocycles. The Bertz CT molecular complexity index is 962. The normalized spacial score (nSPS) is 10.6. The Kier molecular flexibility index (Phi) is 6.21. The van der Waals surface area contributed by atoms with Gasteiger partial charge in [-0.05, 0) is 26.0 Å². The van der Waals surface area contributed by atoms with Crippen molar-refractivity contribution < 1.29 is 9.21 Å². The van der Waals surface area contributed by atoms with E-state index in [0.717, 1.165) is 21.3 Å². The molecule has 0 saturated carbocycles. The molecule has 3 rings (SSSR count). The Labute approximate surface area is 165 Å². The van der Waals surface area contributed by atoms with Crippen LogP contribution < -0.4 is 4.90 Å². The van der Waals surface area contributed by atoms with Gasteiger partial charge in [0.2, 0.25) is 5.91 Å². The van der Waals surface area contributed by atoms with Crippen LogP contribution in [0.1, 0.15) is 17.1 Å². The van der Waals surface area contributed by atoms with Crippen molar-refractivity contribution in [1.82, 2.24) is 15.2 Å². The van der Waals surface area contributed by atoms with E-state index in [0.29, 0.717) is 17.7 Å². The zero-order valence-electron chi connectivity index (χ0n) is 14.9. The van der Waals surface area contributed by atoms with Crippen LogP contribution >= 0.6 is 23.1 Å². The maximum atomic E-state index is 12.7. The van der Waals surface area contributed by atoms with Gasteiger partial charge in [-0.15, -0.1) is 21.5 Å². The summed E-state index contributed by atoms with van der Waals surface area (Å²) in [6.07, 6.45) is 0.264. The lowest BCUT2D eigenvalue weighted by Gasteiger charge is -2.21. The van der Waals surface area contributed by atoms with Crippen molar-refractivity contribution in [2.24, 2.45) is 0 Å². The standard InChI is InChI=1S/C18H17N5O2S2/c1-12-16(27-13(2)20-12)17-21-22-18(25-17)26-11-15(24)23(10-6-9-19)14-7-4-3-5-8-14/h3-5,7-8H,6,10-11H2,1-2H3. The fourth-order valence-corrected chi connectivity index (χ4v) is 3.94. The molecular formula is C18H17N5O2S2. The van der Waals surface area contributed by atoms with Crippen LogP contribution in [0, 0.1) is 25.2 Å². The highest BCUT2D eigenvalue weighted by Gasteiger charge is 2.19. The van der Waals surface area contributed by atoms with Gasteiger partial charge in [-0.3, -0.25) is 4.79 Å². The summed E-state index contributed by atoms with van der Waals surface area (Å²) in [4.78, 5) is 19.5. The van der Waals surface area contributed by atoms with Gasteiger partial charge in [0.05, 0.1) is 28.9 Å². The number of anilines is 1. The van der Waals surface area contributed by atoms with Gasteiger partial charge in [0.25, 0.3) is 11.1 Å². The highest BCUT2D eigenvalue weighted by atomic mass is 32.2. The van der Waals surface area contributed by atoms with E-state index in [-0.39, 0.29) is 18.1 Å². The first-order chi connectivity index (χ1) is 13.1. The molecule has 2 heterocycles. The monoisotopic (exact) mass is 399 g/mol. The summed E-state index contributed by atoms with van der Waals surface area (Å²) in [6, 6.07) is 11.4. The number of para-hydroxylation sites is 1. The zero-order chi connectivity index (χ0) is 19.2. The van der Waals surface area contributed by atoms with Gasteiger partial charge in [-0.2, -0.15) is 5.26 Å². The smallest absolute Gasteiger partial charge is 0.277 e. The van der Waals surface area contributed by atoms with E-state index < -0.39 is 0 Å². The summed E-state index contributed by atoms with van der Waals surface area (Å²) < 4.78 is 5.67. The van der Waals surface area contributed by atoms with Crippen LogP contribution in [0.15, 0.2) is 40.0 Å². The number of nitrogens with zero attached hydrogens (tertiary/aromatic N) is 5. The Hall–Kier alpha value is -2.70. The van der Waals surface area contributed by atoms with Crippen LogP contribution in [-0.2, 0) is 4.79 Å². The molecule has 0 aliphatic carbocycles. The number of hydrogen-bond acceptors (Lipinski definition) is 8. The fraction of sp³-hybridized carbons (Fsp3) is 0.278. The molecule has 0 spiro atoms. The van der Waals surface area contributed by atoms with Crippen LogP contribution in [-0.4, -0.2) is 33.4 Å². The third-order valence-corrected chi connectivity index (χ3v) is 5.50. The molecule has 0 fully saturated rings. The van der Waals surface area contributed by atoms with Gasteiger partial charge in [-0.1, -0.05) is 30.0 Å². The number of amides is 1. The van der Waals surface area contributed by atoms with Gasteiger partial charge < -0.3 is 9.32 Å². The van der Waals surface area contributed by atoms with Crippen molar-refractivity contribution in [2.75, 3.05) is 17.2 Å². The number of carbonyl (C=O) groups is 1. The van der Waals surface area contributed by atoms with Gasteiger partial charge in [0, 0.05) is 12.2 Å². The van der Waals surface area contributed by atoms with Crippen molar-refractivity contribution in [3.8, 4) is 16.8 Å². The first-order valence-electron chi connectivity index (χ1n) is 8.21. The molecule has 3 aromatic rings. The molecule has 0 bridgehead atoms. The van der Waals surface area contributed by atoms with E-state index in [1.54, 1.807) is 4.90 Å². The van der Waals surface area contributed by atoms with Crippen molar-refractivity contribution in [3.63, 3.8) is 0 Å². The molecule has 2 aromatic heterocycles. The van der Waals surface area contributed by atoms with Crippen molar-refractivity contribution in [3.05, 3.63) is 41.0 Å². The topological polar surface area (TPSA) is 95.9 Å². The predicted molar refractivity (Wildman–Crippen MR) is 105 cm³/mol. The van der Waals surface area contributed by atoms with E-state index in [1.165, 1.54) is 23.1 Å².